The summed E-state index contributed by atoms with van der Waals surface area (Å²) < 4.78 is 0. The minimum absolute atomic E-state index is 0. The van der Waals surface area contributed by atoms with E-state index in [9.17, 15) is 0 Å². The molecule has 1 aliphatic carbocycles. The number of piperidine rings is 1. The van der Waals surface area contributed by atoms with Crippen molar-refractivity contribution in [2.75, 3.05) is 23.3 Å². The molecule has 172 valence electrons. The van der Waals surface area contributed by atoms with Gasteiger partial charge in [0.15, 0.2) is 0 Å². The Balaban J connectivity index is 0.00000153. The van der Waals surface area contributed by atoms with Crippen molar-refractivity contribution in [3.8, 4) is 17.3 Å². The van der Waals surface area contributed by atoms with E-state index in [1.165, 1.54) is 18.4 Å². The summed E-state index contributed by atoms with van der Waals surface area (Å²) in [5.74, 6) is 2.92. The van der Waals surface area contributed by atoms with E-state index >= 15 is 0 Å². The molecule has 5 rings (SSSR count). The number of hydrogen-bond donors (Lipinski definition) is 2. The van der Waals surface area contributed by atoms with Gasteiger partial charge in [-0.2, -0.15) is 5.26 Å². The smallest absolute Gasteiger partial charge is 0.132 e. The largest absolute Gasteiger partial charge is 0.357 e. The summed E-state index contributed by atoms with van der Waals surface area (Å²) in [6, 6.07) is 14.3. The number of hydrogen-bond acceptors (Lipinski definition) is 7. The zero-order valence-corrected chi connectivity index (χ0v) is 19.8. The molecule has 1 aliphatic heterocycles. The van der Waals surface area contributed by atoms with E-state index in [0.717, 1.165) is 48.8 Å². The Morgan fingerprint density at radius 3 is 2.42 bits per heavy atom. The maximum atomic E-state index is 9.14. The molecule has 2 aliphatic rings. The quantitative estimate of drug-likeness (QED) is 0.536. The maximum Gasteiger partial charge on any atom is 0.132 e. The number of aromatic nitrogens is 3. The van der Waals surface area contributed by atoms with Gasteiger partial charge in [0.05, 0.1) is 17.3 Å². The van der Waals surface area contributed by atoms with Crippen LogP contribution in [0.25, 0.3) is 11.3 Å². The molecule has 0 bridgehead atoms. The number of pyridine rings is 3. The maximum absolute atomic E-state index is 9.14. The predicted octanol–water partition coefficient (Wildman–Crippen LogP) is 4.80. The van der Waals surface area contributed by atoms with Crippen LogP contribution >= 0.6 is 24.8 Å². The van der Waals surface area contributed by atoms with E-state index in [2.05, 4.69) is 45.5 Å². The van der Waals surface area contributed by atoms with Crippen LogP contribution in [0.5, 0.6) is 0 Å². The van der Waals surface area contributed by atoms with E-state index in [1.807, 2.05) is 6.20 Å². The first-order valence-corrected chi connectivity index (χ1v) is 10.8. The van der Waals surface area contributed by atoms with E-state index in [4.69, 9.17) is 21.0 Å². The summed E-state index contributed by atoms with van der Waals surface area (Å²) in [7, 11) is 0. The first kappa shape index (κ1) is 24.7. The van der Waals surface area contributed by atoms with E-state index in [0.29, 0.717) is 23.3 Å². The van der Waals surface area contributed by atoms with E-state index < -0.39 is 0 Å². The van der Waals surface area contributed by atoms with Gasteiger partial charge in [0.25, 0.3) is 0 Å². The third-order valence-corrected chi connectivity index (χ3v) is 5.95. The van der Waals surface area contributed by atoms with Gasteiger partial charge in [-0.3, -0.25) is 0 Å². The number of halogens is 2. The number of nitrogens with one attached hydrogen (secondary N) is 1. The highest BCUT2D eigenvalue weighted by Crippen LogP contribution is 2.42. The van der Waals surface area contributed by atoms with E-state index in [1.54, 1.807) is 18.3 Å². The van der Waals surface area contributed by atoms with Crippen LogP contribution in [0, 0.1) is 11.3 Å². The lowest BCUT2D eigenvalue weighted by Crippen LogP contribution is -2.40. The first-order chi connectivity index (χ1) is 15.2. The molecule has 0 atom stereocenters. The summed E-state index contributed by atoms with van der Waals surface area (Å²) in [4.78, 5) is 16.1. The van der Waals surface area contributed by atoms with Crippen LogP contribution in [-0.4, -0.2) is 34.1 Å². The number of anilines is 3. The van der Waals surface area contributed by atoms with Gasteiger partial charge in [0.1, 0.15) is 17.5 Å². The molecule has 0 aromatic carbocycles. The van der Waals surface area contributed by atoms with Gasteiger partial charge in [-0.05, 0) is 73.6 Å². The third-order valence-electron chi connectivity index (χ3n) is 5.95. The lowest BCUT2D eigenvalue weighted by Gasteiger charge is -2.31. The van der Waals surface area contributed by atoms with Gasteiger partial charge in [-0.15, -0.1) is 24.8 Å². The van der Waals surface area contributed by atoms with Gasteiger partial charge >= 0.3 is 0 Å². The minimum atomic E-state index is 0. The fraction of sp³-hybridized carbons (Fsp3) is 0.333. The highest BCUT2D eigenvalue weighted by molar-refractivity contribution is 5.85. The van der Waals surface area contributed by atoms with Crippen molar-refractivity contribution in [3.63, 3.8) is 0 Å². The highest BCUT2D eigenvalue weighted by atomic mass is 35.5. The summed E-state index contributed by atoms with van der Waals surface area (Å²) in [6.07, 6.45) is 7.96. The standard InChI is InChI=1S/C24H25N7.2ClH/c25-14-16-5-8-27-22(11-16)30-23-13-19(17-1-2-17)12-21(29-23)18-3-4-24(28-15-18)31-9-6-20(26)7-10-31;;/h3-5,8,11-13,15,17,20H,1-2,6-7,9-10,26H2,(H,27,29,30);2*1H. The molecule has 1 saturated carbocycles. The van der Waals surface area contributed by atoms with Gasteiger partial charge < -0.3 is 16.0 Å². The molecule has 3 aromatic rings. The molecule has 1 saturated heterocycles. The topological polar surface area (TPSA) is 104 Å². The molecular formula is C24H27Cl2N7. The normalized spacial score (nSPS) is 15.7. The number of nitrogens with two attached hydrogens (primary N) is 1. The highest BCUT2D eigenvalue weighted by Gasteiger charge is 2.25. The molecule has 0 amide bonds. The molecule has 3 N–H and O–H groups in total. The van der Waals surface area contributed by atoms with Crippen LogP contribution in [0.4, 0.5) is 17.5 Å². The average molecular weight is 484 g/mol. The van der Waals surface area contributed by atoms with Gasteiger partial charge in [-0.25, -0.2) is 15.0 Å². The second-order valence-corrected chi connectivity index (χ2v) is 8.34. The van der Waals surface area contributed by atoms with Crippen LogP contribution in [0.3, 0.4) is 0 Å². The fourth-order valence-electron chi connectivity index (χ4n) is 3.97. The van der Waals surface area contributed by atoms with Crippen LogP contribution in [-0.2, 0) is 0 Å². The molecule has 3 aromatic heterocycles. The van der Waals surface area contributed by atoms with Gasteiger partial charge in [0.2, 0.25) is 0 Å². The first-order valence-electron chi connectivity index (χ1n) is 10.8. The van der Waals surface area contributed by atoms with Crippen molar-refractivity contribution in [1.82, 2.24) is 15.0 Å². The lowest BCUT2D eigenvalue weighted by atomic mass is 10.1. The number of nitriles is 1. The molecule has 7 nitrogen and oxygen atoms in total. The lowest BCUT2D eigenvalue weighted by molar-refractivity contribution is 0.498. The van der Waals surface area contributed by atoms with Crippen molar-refractivity contribution < 1.29 is 0 Å². The SMILES string of the molecule is Cl.Cl.N#Cc1ccnc(Nc2cc(C3CC3)cc(-c3ccc(N4CCC(N)CC4)nc3)n2)c1. The van der Waals surface area contributed by atoms with Crippen molar-refractivity contribution in [3.05, 3.63) is 59.9 Å². The molecule has 4 heterocycles. The Kier molecular flexibility index (Phi) is 8.09. The van der Waals surface area contributed by atoms with Crippen molar-refractivity contribution >= 4 is 42.3 Å². The Bertz CT molecular complexity index is 1120. The molecule has 0 spiro atoms. The second-order valence-electron chi connectivity index (χ2n) is 8.34. The molecule has 0 unspecified atom stereocenters. The summed E-state index contributed by atoms with van der Waals surface area (Å²) in [5, 5.41) is 12.4. The van der Waals surface area contributed by atoms with Crippen LogP contribution < -0.4 is 16.0 Å². The van der Waals surface area contributed by atoms with Crippen molar-refractivity contribution in [2.45, 2.75) is 37.6 Å². The minimum Gasteiger partial charge on any atom is -0.357 e. The Labute approximate surface area is 206 Å². The van der Waals surface area contributed by atoms with Crippen LogP contribution in [0.2, 0.25) is 0 Å². The Morgan fingerprint density at radius 2 is 1.76 bits per heavy atom. The zero-order valence-electron chi connectivity index (χ0n) is 18.1. The van der Waals surface area contributed by atoms with Gasteiger partial charge in [0, 0.05) is 37.1 Å². The summed E-state index contributed by atoms with van der Waals surface area (Å²) in [6.45, 7) is 1.90. The van der Waals surface area contributed by atoms with E-state index in [-0.39, 0.29) is 24.8 Å². The van der Waals surface area contributed by atoms with Crippen molar-refractivity contribution in [1.29, 1.82) is 5.26 Å². The molecule has 0 radical (unpaired) electrons. The second kappa shape index (κ2) is 10.8. The Hall–Kier alpha value is -2.92. The molecule has 2 fully saturated rings. The molecular weight excluding hydrogens is 457 g/mol. The van der Waals surface area contributed by atoms with Crippen LogP contribution in [0.15, 0.2) is 48.8 Å². The van der Waals surface area contributed by atoms with Gasteiger partial charge in [-0.1, -0.05) is 0 Å². The van der Waals surface area contributed by atoms with Crippen molar-refractivity contribution in [2.24, 2.45) is 5.73 Å². The molecule has 33 heavy (non-hydrogen) atoms. The summed E-state index contributed by atoms with van der Waals surface area (Å²) >= 11 is 0. The number of nitrogens with zero attached hydrogens (tertiary/aromatic N) is 5. The summed E-state index contributed by atoms with van der Waals surface area (Å²) in [5.41, 5.74) is 9.74. The number of rotatable bonds is 5. The fourth-order valence-corrected chi connectivity index (χ4v) is 3.97. The monoisotopic (exact) mass is 483 g/mol. The predicted molar refractivity (Wildman–Crippen MR) is 136 cm³/mol. The third kappa shape index (κ3) is 5.91. The van der Waals surface area contributed by atoms with Crippen LogP contribution in [0.1, 0.15) is 42.7 Å². The zero-order chi connectivity index (χ0) is 21.2. The Morgan fingerprint density at radius 1 is 0.970 bits per heavy atom. The average Bonchev–Trinajstić information content (AvgIpc) is 3.65. The molecule has 9 heteroatoms.